The number of nitrogens with zero attached hydrogens (tertiary/aromatic N) is 1. The van der Waals surface area contributed by atoms with Crippen molar-refractivity contribution >= 4 is 0 Å². The summed E-state index contributed by atoms with van der Waals surface area (Å²) in [7, 11) is 1.48. The molecule has 0 aromatic heterocycles. The highest BCUT2D eigenvalue weighted by Gasteiger charge is 2.28. The number of benzene rings is 1. The maximum absolute atomic E-state index is 12.2. The van der Waals surface area contributed by atoms with Crippen LogP contribution in [0.25, 0.3) is 0 Å². The Hall–Kier alpha value is -1.07. The summed E-state index contributed by atoms with van der Waals surface area (Å²) in [5, 5.41) is 3.33. The molecule has 1 aromatic carbocycles. The molecule has 20 heavy (non-hydrogen) atoms. The molecule has 5 heteroatoms. The largest absolute Gasteiger partial charge is 0.401 e. The molecule has 0 spiro atoms. The molecule has 1 N–H and O–H groups in total. The Morgan fingerprint density at radius 2 is 1.65 bits per heavy atom. The lowest BCUT2D eigenvalue weighted by atomic mass is 10.1. The molecule has 0 saturated heterocycles. The van der Waals surface area contributed by atoms with Gasteiger partial charge in [0.05, 0.1) is 6.54 Å². The van der Waals surface area contributed by atoms with Crippen LogP contribution in [0.4, 0.5) is 13.2 Å². The lowest BCUT2D eigenvalue weighted by Gasteiger charge is -2.18. The van der Waals surface area contributed by atoms with Gasteiger partial charge < -0.3 is 5.32 Å². The first-order valence-corrected chi connectivity index (χ1v) is 6.80. The summed E-state index contributed by atoms with van der Waals surface area (Å²) in [6.07, 6.45) is -4.14. The number of nitrogens with one attached hydrogen (secondary N) is 1. The van der Waals surface area contributed by atoms with E-state index in [2.05, 4.69) is 19.2 Å². The first-order chi connectivity index (χ1) is 9.26. The molecule has 0 aliphatic heterocycles. The molecule has 114 valence electrons. The summed E-state index contributed by atoms with van der Waals surface area (Å²) >= 11 is 0. The van der Waals surface area contributed by atoms with Gasteiger partial charge in [0.15, 0.2) is 0 Å². The summed E-state index contributed by atoms with van der Waals surface area (Å²) in [5.74, 6) is 0.602. The number of hydrogen-bond acceptors (Lipinski definition) is 2. The zero-order chi connectivity index (χ0) is 15.2. The van der Waals surface area contributed by atoms with Gasteiger partial charge in [-0.3, -0.25) is 4.90 Å². The molecule has 0 saturated carbocycles. The number of alkyl halides is 3. The summed E-state index contributed by atoms with van der Waals surface area (Å²) in [4.78, 5) is 1.27. The Labute approximate surface area is 119 Å². The standard InChI is InChI=1S/C15H23F3N2/c1-12(2)8-19-9-13-4-6-14(7-5-13)10-20(3)11-15(16,17)18/h4-7,12,19H,8-11H2,1-3H3. The van der Waals surface area contributed by atoms with Crippen molar-refractivity contribution in [3.05, 3.63) is 35.4 Å². The van der Waals surface area contributed by atoms with Crippen LogP contribution in [-0.2, 0) is 13.1 Å². The van der Waals surface area contributed by atoms with Crippen molar-refractivity contribution in [2.45, 2.75) is 33.1 Å². The summed E-state index contributed by atoms with van der Waals surface area (Å²) in [6.45, 7) is 5.45. The number of rotatable bonds is 7. The monoisotopic (exact) mass is 288 g/mol. The van der Waals surface area contributed by atoms with Gasteiger partial charge in [0.2, 0.25) is 0 Å². The fraction of sp³-hybridized carbons (Fsp3) is 0.600. The summed E-state index contributed by atoms with van der Waals surface area (Å²) in [6, 6.07) is 7.70. The topological polar surface area (TPSA) is 15.3 Å². The van der Waals surface area contributed by atoms with E-state index in [9.17, 15) is 13.2 Å². The molecule has 0 amide bonds. The van der Waals surface area contributed by atoms with Crippen LogP contribution in [0, 0.1) is 5.92 Å². The van der Waals surface area contributed by atoms with Crippen LogP contribution in [0.1, 0.15) is 25.0 Å². The number of halogens is 3. The van der Waals surface area contributed by atoms with Gasteiger partial charge in [0, 0.05) is 13.1 Å². The van der Waals surface area contributed by atoms with Gasteiger partial charge in [0.25, 0.3) is 0 Å². The first kappa shape index (κ1) is 17.0. The quantitative estimate of drug-likeness (QED) is 0.827. The van der Waals surface area contributed by atoms with Crippen molar-refractivity contribution in [1.29, 1.82) is 0 Å². The second-order valence-corrected chi connectivity index (χ2v) is 5.63. The molecule has 1 rings (SSSR count). The van der Waals surface area contributed by atoms with E-state index in [1.807, 2.05) is 24.3 Å². The van der Waals surface area contributed by atoms with E-state index in [0.717, 1.165) is 24.2 Å². The normalized spacial score (nSPS) is 12.4. The highest BCUT2D eigenvalue weighted by atomic mass is 19.4. The molecular formula is C15H23F3N2. The van der Waals surface area contributed by atoms with Crippen LogP contribution in [0.3, 0.4) is 0 Å². The van der Waals surface area contributed by atoms with E-state index in [4.69, 9.17) is 0 Å². The molecule has 0 aliphatic carbocycles. The highest BCUT2D eigenvalue weighted by Crippen LogP contribution is 2.17. The van der Waals surface area contributed by atoms with Gasteiger partial charge in [-0.1, -0.05) is 38.1 Å². The minimum absolute atomic E-state index is 0.305. The minimum atomic E-state index is -4.14. The summed E-state index contributed by atoms with van der Waals surface area (Å²) in [5.41, 5.74) is 2.04. The van der Waals surface area contributed by atoms with Crippen molar-refractivity contribution in [1.82, 2.24) is 10.2 Å². The molecule has 0 unspecified atom stereocenters. The van der Waals surface area contributed by atoms with E-state index < -0.39 is 12.7 Å². The fourth-order valence-corrected chi connectivity index (χ4v) is 1.94. The molecule has 0 heterocycles. The predicted octanol–water partition coefficient (Wildman–Crippen LogP) is 3.43. The molecule has 0 aliphatic rings. The molecule has 2 nitrogen and oxygen atoms in total. The minimum Gasteiger partial charge on any atom is -0.312 e. The van der Waals surface area contributed by atoms with E-state index in [0.29, 0.717) is 12.5 Å². The van der Waals surface area contributed by atoms with Crippen molar-refractivity contribution in [2.24, 2.45) is 5.92 Å². The molecular weight excluding hydrogens is 265 g/mol. The second kappa shape index (κ2) is 7.64. The Bertz CT molecular complexity index is 385. The molecule has 0 bridgehead atoms. The van der Waals surface area contributed by atoms with E-state index in [-0.39, 0.29) is 0 Å². The van der Waals surface area contributed by atoms with Crippen LogP contribution in [0.2, 0.25) is 0 Å². The fourth-order valence-electron chi connectivity index (χ4n) is 1.94. The number of hydrogen-bond donors (Lipinski definition) is 1. The summed E-state index contributed by atoms with van der Waals surface area (Å²) < 4.78 is 36.7. The maximum Gasteiger partial charge on any atom is 0.401 e. The Balaban J connectivity index is 2.42. The third-order valence-corrected chi connectivity index (χ3v) is 2.81. The Morgan fingerprint density at radius 3 is 2.15 bits per heavy atom. The Kier molecular flexibility index (Phi) is 6.49. The average Bonchev–Trinajstić information content (AvgIpc) is 2.28. The van der Waals surface area contributed by atoms with Crippen molar-refractivity contribution in [3.8, 4) is 0 Å². The van der Waals surface area contributed by atoms with E-state index in [1.165, 1.54) is 11.9 Å². The van der Waals surface area contributed by atoms with Gasteiger partial charge in [-0.25, -0.2) is 0 Å². The Morgan fingerprint density at radius 1 is 1.10 bits per heavy atom. The molecule has 1 aromatic rings. The lowest BCUT2D eigenvalue weighted by Crippen LogP contribution is -2.30. The van der Waals surface area contributed by atoms with Crippen LogP contribution in [0.15, 0.2) is 24.3 Å². The molecule has 0 fully saturated rings. The average molecular weight is 288 g/mol. The van der Waals surface area contributed by atoms with Crippen molar-refractivity contribution in [2.75, 3.05) is 20.1 Å². The van der Waals surface area contributed by atoms with E-state index in [1.54, 1.807) is 0 Å². The second-order valence-electron chi connectivity index (χ2n) is 5.63. The highest BCUT2D eigenvalue weighted by molar-refractivity contribution is 5.22. The smallest absolute Gasteiger partial charge is 0.312 e. The van der Waals surface area contributed by atoms with Gasteiger partial charge in [0.1, 0.15) is 0 Å². The van der Waals surface area contributed by atoms with Crippen LogP contribution < -0.4 is 5.32 Å². The van der Waals surface area contributed by atoms with Crippen molar-refractivity contribution < 1.29 is 13.2 Å². The van der Waals surface area contributed by atoms with Crippen LogP contribution in [0.5, 0.6) is 0 Å². The van der Waals surface area contributed by atoms with Gasteiger partial charge in [-0.15, -0.1) is 0 Å². The van der Waals surface area contributed by atoms with Crippen molar-refractivity contribution in [3.63, 3.8) is 0 Å². The molecule has 0 atom stereocenters. The molecule has 0 radical (unpaired) electrons. The first-order valence-electron chi connectivity index (χ1n) is 6.80. The maximum atomic E-state index is 12.2. The zero-order valence-electron chi connectivity index (χ0n) is 12.3. The zero-order valence-corrected chi connectivity index (χ0v) is 12.3. The van der Waals surface area contributed by atoms with Crippen LogP contribution >= 0.6 is 0 Å². The SMILES string of the molecule is CC(C)CNCc1ccc(CN(C)CC(F)(F)F)cc1. The van der Waals surface area contributed by atoms with E-state index >= 15 is 0 Å². The predicted molar refractivity (Wildman–Crippen MR) is 75.4 cm³/mol. The van der Waals surface area contributed by atoms with Gasteiger partial charge >= 0.3 is 6.18 Å². The lowest BCUT2D eigenvalue weighted by molar-refractivity contribution is -0.144. The van der Waals surface area contributed by atoms with Gasteiger partial charge in [-0.05, 0) is 30.6 Å². The third-order valence-electron chi connectivity index (χ3n) is 2.81. The third kappa shape index (κ3) is 7.50. The van der Waals surface area contributed by atoms with Crippen LogP contribution in [-0.4, -0.2) is 31.2 Å². The van der Waals surface area contributed by atoms with Gasteiger partial charge in [-0.2, -0.15) is 13.2 Å².